The Morgan fingerprint density at radius 2 is 1.63 bits per heavy atom. The number of rotatable bonds is 11. The molecule has 0 aliphatic carbocycles. The second-order valence-corrected chi connectivity index (χ2v) is 9.25. The molecule has 0 saturated heterocycles. The summed E-state index contributed by atoms with van der Waals surface area (Å²) >= 11 is 0. The van der Waals surface area contributed by atoms with Gasteiger partial charge in [0.15, 0.2) is 0 Å². The molecule has 196 valence electrons. The van der Waals surface area contributed by atoms with Crippen molar-refractivity contribution in [1.29, 1.82) is 0 Å². The first-order chi connectivity index (χ1) is 18.4. The lowest BCUT2D eigenvalue weighted by atomic mass is 9.76. The minimum Gasteiger partial charge on any atom is -0.426 e. The Kier molecular flexibility index (Phi) is 9.18. The molecule has 1 aliphatic rings. The van der Waals surface area contributed by atoms with Crippen LogP contribution in [0.3, 0.4) is 0 Å². The molecule has 11 heteroatoms. The van der Waals surface area contributed by atoms with E-state index in [1.807, 2.05) is 54.6 Å². The van der Waals surface area contributed by atoms with E-state index < -0.39 is 30.9 Å². The van der Waals surface area contributed by atoms with Gasteiger partial charge in [0.2, 0.25) is 11.8 Å². The van der Waals surface area contributed by atoms with E-state index >= 15 is 0 Å². The molecule has 2 unspecified atom stereocenters. The highest BCUT2D eigenvalue weighted by atomic mass is 16.4. The second-order valence-electron chi connectivity index (χ2n) is 9.25. The Bertz CT molecular complexity index is 1220. The summed E-state index contributed by atoms with van der Waals surface area (Å²) in [5, 5.41) is 25.0. The molecular weight excluding hydrogens is 485 g/mol. The molecular formula is C27H30BN5O5. The number of amides is 3. The topological polar surface area (TPSA) is 145 Å². The molecule has 1 aromatic heterocycles. The van der Waals surface area contributed by atoms with E-state index in [0.717, 1.165) is 16.7 Å². The zero-order chi connectivity index (χ0) is 26.9. The van der Waals surface area contributed by atoms with Crippen molar-refractivity contribution in [3.8, 4) is 0 Å². The predicted octanol–water partition coefficient (Wildman–Crippen LogP) is 1.03. The van der Waals surface area contributed by atoms with E-state index in [0.29, 0.717) is 32.4 Å². The lowest BCUT2D eigenvalue weighted by Gasteiger charge is -2.24. The minimum absolute atomic E-state index is 0.00655. The molecule has 3 amide bonds. The smallest absolute Gasteiger partial charge is 0.426 e. The fourth-order valence-electron chi connectivity index (χ4n) is 4.42. The number of hydrogen-bond acceptors (Lipinski definition) is 7. The van der Waals surface area contributed by atoms with E-state index in [2.05, 4.69) is 20.6 Å². The monoisotopic (exact) mass is 515 g/mol. The summed E-state index contributed by atoms with van der Waals surface area (Å²) in [6.07, 6.45) is 5.30. The maximum absolute atomic E-state index is 13.3. The van der Waals surface area contributed by atoms with Crippen LogP contribution in [0.1, 0.15) is 46.4 Å². The van der Waals surface area contributed by atoms with Crippen LogP contribution in [0, 0.1) is 0 Å². The van der Waals surface area contributed by atoms with E-state index in [1.165, 1.54) is 18.6 Å². The molecule has 10 nitrogen and oxygen atoms in total. The van der Waals surface area contributed by atoms with E-state index in [4.69, 9.17) is 0 Å². The number of aryl methyl sites for hydroxylation is 1. The summed E-state index contributed by atoms with van der Waals surface area (Å²) in [7, 11) is -1.81. The predicted molar refractivity (Wildman–Crippen MR) is 140 cm³/mol. The van der Waals surface area contributed by atoms with Crippen molar-refractivity contribution in [3.05, 3.63) is 95.6 Å². The maximum atomic E-state index is 13.3. The quantitative estimate of drug-likeness (QED) is 0.279. The highest BCUT2D eigenvalue weighted by Gasteiger charge is 2.33. The molecule has 0 saturated carbocycles. The zero-order valence-electron chi connectivity index (χ0n) is 20.9. The van der Waals surface area contributed by atoms with Crippen LogP contribution >= 0.6 is 0 Å². The fourth-order valence-corrected chi connectivity index (χ4v) is 4.42. The largest absolute Gasteiger partial charge is 0.475 e. The summed E-state index contributed by atoms with van der Waals surface area (Å²) in [5.74, 6) is -2.65. The molecule has 0 spiro atoms. The Morgan fingerprint density at radius 3 is 2.26 bits per heavy atom. The second kappa shape index (κ2) is 12.9. The van der Waals surface area contributed by atoms with Crippen molar-refractivity contribution in [2.45, 2.75) is 50.8 Å². The third-order valence-electron chi connectivity index (χ3n) is 6.50. The lowest BCUT2D eigenvalue weighted by Crippen LogP contribution is -2.55. The van der Waals surface area contributed by atoms with Gasteiger partial charge in [-0.15, -0.1) is 0 Å². The third-order valence-corrected chi connectivity index (χ3v) is 6.50. The molecule has 2 aromatic carbocycles. The Labute approximate surface area is 221 Å². The molecule has 2 heterocycles. The van der Waals surface area contributed by atoms with Gasteiger partial charge in [-0.05, 0) is 36.0 Å². The highest BCUT2D eigenvalue weighted by Crippen LogP contribution is 2.23. The van der Waals surface area contributed by atoms with E-state index in [-0.39, 0.29) is 18.0 Å². The highest BCUT2D eigenvalue weighted by molar-refractivity contribution is 6.43. The van der Waals surface area contributed by atoms with Crippen LogP contribution in [0.4, 0.5) is 0 Å². The summed E-state index contributed by atoms with van der Waals surface area (Å²) in [5.41, 5.74) is 3.16. The summed E-state index contributed by atoms with van der Waals surface area (Å²) in [6, 6.07) is 16.2. The molecule has 3 aromatic rings. The van der Waals surface area contributed by atoms with Crippen LogP contribution in [-0.4, -0.2) is 61.7 Å². The standard InChI is InChI=1S/C27H30BN5O5/c34-25(33-17-20-10-4-5-11-21(20)18-33)15-22(31-27(36)23-16-29-13-14-30-23)26(35)32-24(28(37)38)12-6-9-19-7-2-1-3-8-19/h1-5,7-8,10-11,13-14,16,22,24,37-38H,6,9,12,15,17-18H2,(H,31,36)(H,32,35). The van der Waals surface area contributed by atoms with Crippen LogP contribution in [0.2, 0.25) is 0 Å². The van der Waals surface area contributed by atoms with Crippen LogP contribution < -0.4 is 10.6 Å². The third kappa shape index (κ3) is 7.24. The number of benzene rings is 2. The number of nitrogens with one attached hydrogen (secondary N) is 2. The van der Waals surface area contributed by atoms with Gasteiger partial charge < -0.3 is 25.6 Å². The van der Waals surface area contributed by atoms with Gasteiger partial charge in [0.25, 0.3) is 5.91 Å². The van der Waals surface area contributed by atoms with Crippen molar-refractivity contribution in [2.75, 3.05) is 0 Å². The number of fused-ring (bicyclic) bond motifs is 1. The van der Waals surface area contributed by atoms with Crippen LogP contribution in [0.5, 0.6) is 0 Å². The van der Waals surface area contributed by atoms with Crippen molar-refractivity contribution in [1.82, 2.24) is 25.5 Å². The maximum Gasteiger partial charge on any atom is 0.475 e. The van der Waals surface area contributed by atoms with Crippen molar-refractivity contribution >= 4 is 24.8 Å². The zero-order valence-corrected chi connectivity index (χ0v) is 20.9. The van der Waals surface area contributed by atoms with Crippen molar-refractivity contribution < 1.29 is 24.4 Å². The van der Waals surface area contributed by atoms with Gasteiger partial charge in [-0.1, -0.05) is 54.6 Å². The molecule has 0 bridgehead atoms. The molecule has 4 rings (SSSR count). The van der Waals surface area contributed by atoms with Gasteiger partial charge in [0.1, 0.15) is 11.7 Å². The first kappa shape index (κ1) is 27.0. The van der Waals surface area contributed by atoms with E-state index in [9.17, 15) is 24.4 Å². The van der Waals surface area contributed by atoms with Crippen LogP contribution in [0.25, 0.3) is 0 Å². The first-order valence-electron chi connectivity index (χ1n) is 12.5. The Morgan fingerprint density at radius 1 is 0.947 bits per heavy atom. The Balaban J connectivity index is 1.42. The molecule has 38 heavy (non-hydrogen) atoms. The summed E-state index contributed by atoms with van der Waals surface area (Å²) in [4.78, 5) is 48.7. The average Bonchev–Trinajstić information content (AvgIpc) is 3.37. The van der Waals surface area contributed by atoms with Crippen LogP contribution in [0.15, 0.2) is 73.2 Å². The van der Waals surface area contributed by atoms with Gasteiger partial charge in [0.05, 0.1) is 18.6 Å². The summed E-state index contributed by atoms with van der Waals surface area (Å²) in [6.45, 7) is 0.831. The number of nitrogens with zero attached hydrogens (tertiary/aromatic N) is 3. The number of hydrogen-bond donors (Lipinski definition) is 4. The summed E-state index contributed by atoms with van der Waals surface area (Å²) < 4.78 is 0. The number of aromatic nitrogens is 2. The van der Waals surface area contributed by atoms with E-state index in [1.54, 1.807) is 4.90 Å². The van der Waals surface area contributed by atoms with Crippen molar-refractivity contribution in [3.63, 3.8) is 0 Å². The van der Waals surface area contributed by atoms with Gasteiger partial charge in [-0.25, -0.2) is 4.98 Å². The van der Waals surface area contributed by atoms with Gasteiger partial charge in [0, 0.05) is 25.5 Å². The lowest BCUT2D eigenvalue weighted by molar-refractivity contribution is -0.135. The SMILES string of the molecule is O=C(NC(CC(=O)N1Cc2ccccc2C1)C(=O)NC(CCCc1ccccc1)B(O)O)c1cnccn1. The normalized spacial score (nSPS) is 13.8. The first-order valence-corrected chi connectivity index (χ1v) is 12.5. The number of carbonyl (C=O) groups excluding carboxylic acids is 3. The molecule has 0 radical (unpaired) electrons. The minimum atomic E-state index is -1.81. The fraction of sp³-hybridized carbons (Fsp3) is 0.296. The van der Waals surface area contributed by atoms with Gasteiger partial charge in [-0.3, -0.25) is 19.4 Å². The number of carbonyl (C=O) groups is 3. The Hall–Kier alpha value is -4.09. The molecule has 1 aliphatic heterocycles. The molecule has 2 atom stereocenters. The molecule has 0 fully saturated rings. The van der Waals surface area contributed by atoms with Gasteiger partial charge >= 0.3 is 7.12 Å². The van der Waals surface area contributed by atoms with Crippen molar-refractivity contribution in [2.24, 2.45) is 0 Å². The molecule has 4 N–H and O–H groups in total. The van der Waals surface area contributed by atoms with Crippen LogP contribution in [-0.2, 0) is 29.1 Å². The average molecular weight is 515 g/mol. The van der Waals surface area contributed by atoms with Gasteiger partial charge in [-0.2, -0.15) is 0 Å².